The fourth-order valence-corrected chi connectivity index (χ4v) is 5.29. The van der Waals surface area contributed by atoms with Gasteiger partial charge in [-0.3, -0.25) is 9.59 Å². The number of benzene rings is 2. The lowest BCUT2D eigenvalue weighted by molar-refractivity contribution is 0.0989. The van der Waals surface area contributed by atoms with E-state index >= 15 is 0 Å². The molecular formula is C24H23Cl3N4O3S. The smallest absolute Gasteiger partial charge is 0.259 e. The lowest BCUT2D eigenvalue weighted by atomic mass is 10.0. The minimum atomic E-state index is -0.470. The fourth-order valence-electron chi connectivity index (χ4n) is 3.73. The number of rotatable bonds is 7. The minimum Gasteiger partial charge on any atom is -0.378 e. The minimum absolute atomic E-state index is 0.148. The van der Waals surface area contributed by atoms with Crippen LogP contribution in [0.3, 0.4) is 0 Å². The van der Waals surface area contributed by atoms with Gasteiger partial charge < -0.3 is 25.6 Å². The van der Waals surface area contributed by atoms with Crippen LogP contribution in [0.25, 0.3) is 0 Å². The first-order chi connectivity index (χ1) is 16.9. The molecule has 35 heavy (non-hydrogen) atoms. The van der Waals surface area contributed by atoms with Crippen molar-refractivity contribution in [1.29, 1.82) is 0 Å². The van der Waals surface area contributed by atoms with E-state index in [1.165, 1.54) is 17.4 Å². The number of carbonyl (C=O) groups excluding carboxylic acids is 2. The average Bonchev–Trinajstić information content (AvgIpc) is 3.19. The van der Waals surface area contributed by atoms with Crippen LogP contribution in [0.2, 0.25) is 15.1 Å². The molecule has 0 aliphatic carbocycles. The molecule has 0 atom stereocenters. The lowest BCUT2D eigenvalue weighted by Crippen LogP contribution is -2.38. The lowest BCUT2D eigenvalue weighted by Gasteiger charge is -2.31. The molecule has 3 aromatic rings. The highest BCUT2D eigenvalue weighted by atomic mass is 35.5. The van der Waals surface area contributed by atoms with Crippen molar-refractivity contribution in [3.63, 3.8) is 0 Å². The molecule has 0 bridgehead atoms. The van der Waals surface area contributed by atoms with Gasteiger partial charge in [0.25, 0.3) is 11.8 Å². The van der Waals surface area contributed by atoms with Crippen molar-refractivity contribution < 1.29 is 14.3 Å². The van der Waals surface area contributed by atoms with E-state index < -0.39 is 11.8 Å². The van der Waals surface area contributed by atoms with E-state index in [4.69, 9.17) is 39.5 Å². The molecule has 0 radical (unpaired) electrons. The van der Waals surface area contributed by atoms with Crippen molar-refractivity contribution >= 4 is 74.3 Å². The highest BCUT2D eigenvalue weighted by Crippen LogP contribution is 2.36. The Balaban J connectivity index is 1.73. The van der Waals surface area contributed by atoms with Crippen LogP contribution in [0.1, 0.15) is 26.3 Å². The van der Waals surface area contributed by atoms with Gasteiger partial charge in [0.1, 0.15) is 5.00 Å². The summed E-state index contributed by atoms with van der Waals surface area (Å²) in [6, 6.07) is 9.90. The molecule has 0 saturated carbocycles. The summed E-state index contributed by atoms with van der Waals surface area (Å²) in [5, 5.41) is 12.5. The SMILES string of the molecule is CNCc1csc(NC(=O)c2c(C(=O)Nc3ccc(Cl)cc3)cc(Cl)cc2N2CCOCC2)c1Cl. The Morgan fingerprint density at radius 1 is 1.00 bits per heavy atom. The summed E-state index contributed by atoms with van der Waals surface area (Å²) >= 11 is 20.2. The van der Waals surface area contributed by atoms with Crippen LogP contribution in [0.5, 0.6) is 0 Å². The van der Waals surface area contributed by atoms with Gasteiger partial charge >= 0.3 is 0 Å². The van der Waals surface area contributed by atoms with Gasteiger partial charge in [0.05, 0.1) is 35.1 Å². The maximum Gasteiger partial charge on any atom is 0.259 e. The van der Waals surface area contributed by atoms with Gasteiger partial charge in [-0.15, -0.1) is 11.3 Å². The van der Waals surface area contributed by atoms with E-state index in [2.05, 4.69) is 16.0 Å². The molecule has 4 rings (SSSR count). The van der Waals surface area contributed by atoms with Crippen LogP contribution in [-0.4, -0.2) is 45.2 Å². The number of carbonyl (C=O) groups is 2. The Hall–Kier alpha value is -2.33. The number of amides is 2. The molecule has 7 nitrogen and oxygen atoms in total. The summed E-state index contributed by atoms with van der Waals surface area (Å²) in [4.78, 5) is 29.0. The number of ether oxygens (including phenoxy) is 1. The zero-order chi connectivity index (χ0) is 24.9. The largest absolute Gasteiger partial charge is 0.378 e. The molecule has 1 fully saturated rings. The zero-order valence-corrected chi connectivity index (χ0v) is 21.9. The average molecular weight is 554 g/mol. The molecule has 2 aromatic carbocycles. The molecular weight excluding hydrogens is 531 g/mol. The van der Waals surface area contributed by atoms with Gasteiger partial charge in [-0.2, -0.15) is 0 Å². The number of hydrogen-bond donors (Lipinski definition) is 3. The Bertz CT molecular complexity index is 1230. The number of anilines is 3. The van der Waals surface area contributed by atoms with E-state index in [0.29, 0.717) is 64.3 Å². The highest BCUT2D eigenvalue weighted by Gasteiger charge is 2.27. The number of nitrogens with zero attached hydrogens (tertiary/aromatic N) is 1. The van der Waals surface area contributed by atoms with Crippen molar-refractivity contribution in [3.05, 3.63) is 73.5 Å². The molecule has 1 saturated heterocycles. The molecule has 11 heteroatoms. The third-order valence-electron chi connectivity index (χ3n) is 5.40. The maximum atomic E-state index is 13.7. The fraction of sp³-hybridized carbons (Fsp3) is 0.250. The second-order valence-electron chi connectivity index (χ2n) is 7.80. The van der Waals surface area contributed by atoms with Crippen molar-refractivity contribution in [2.24, 2.45) is 0 Å². The topological polar surface area (TPSA) is 82.7 Å². The predicted octanol–water partition coefficient (Wildman–Crippen LogP) is 5.77. The number of hydrogen-bond acceptors (Lipinski definition) is 6. The molecule has 1 aliphatic rings. The first-order valence-corrected chi connectivity index (χ1v) is 12.8. The number of thiophene rings is 1. The van der Waals surface area contributed by atoms with E-state index in [1.54, 1.807) is 30.3 Å². The number of nitrogens with one attached hydrogen (secondary N) is 3. The summed E-state index contributed by atoms with van der Waals surface area (Å²) < 4.78 is 5.47. The van der Waals surface area contributed by atoms with Gasteiger partial charge in [-0.1, -0.05) is 34.8 Å². The summed E-state index contributed by atoms with van der Waals surface area (Å²) in [7, 11) is 1.82. The van der Waals surface area contributed by atoms with Gasteiger partial charge in [-0.05, 0) is 54.4 Å². The van der Waals surface area contributed by atoms with Crippen LogP contribution in [-0.2, 0) is 11.3 Å². The Morgan fingerprint density at radius 2 is 1.71 bits per heavy atom. The second kappa shape index (κ2) is 11.6. The van der Waals surface area contributed by atoms with Crippen molar-refractivity contribution in [2.75, 3.05) is 48.9 Å². The highest BCUT2D eigenvalue weighted by molar-refractivity contribution is 7.15. The normalized spacial score (nSPS) is 13.5. The van der Waals surface area contributed by atoms with E-state index in [9.17, 15) is 9.59 Å². The van der Waals surface area contributed by atoms with Crippen molar-refractivity contribution in [2.45, 2.75) is 6.54 Å². The maximum absolute atomic E-state index is 13.7. The van der Waals surface area contributed by atoms with Crippen molar-refractivity contribution in [3.8, 4) is 0 Å². The quantitative estimate of drug-likeness (QED) is 0.346. The molecule has 1 aromatic heterocycles. The van der Waals surface area contributed by atoms with Gasteiger partial charge in [0.2, 0.25) is 0 Å². The molecule has 0 spiro atoms. The summed E-state index contributed by atoms with van der Waals surface area (Å²) in [5.74, 6) is -0.924. The van der Waals surface area contributed by atoms with E-state index in [-0.39, 0.29) is 11.1 Å². The third kappa shape index (κ3) is 6.09. The van der Waals surface area contributed by atoms with Gasteiger partial charge in [-0.25, -0.2) is 0 Å². The van der Waals surface area contributed by atoms with Crippen LogP contribution in [0, 0.1) is 0 Å². The van der Waals surface area contributed by atoms with Crippen molar-refractivity contribution in [1.82, 2.24) is 5.32 Å². The molecule has 3 N–H and O–H groups in total. The van der Waals surface area contributed by atoms with Crippen LogP contribution in [0.15, 0.2) is 41.8 Å². The first kappa shape index (κ1) is 25.8. The first-order valence-electron chi connectivity index (χ1n) is 10.8. The van der Waals surface area contributed by atoms with Crippen LogP contribution in [0.4, 0.5) is 16.4 Å². The molecule has 0 unspecified atom stereocenters. The van der Waals surface area contributed by atoms with Gasteiger partial charge in [0, 0.05) is 35.4 Å². The summed E-state index contributed by atoms with van der Waals surface area (Å²) in [6.07, 6.45) is 0. The Kier molecular flexibility index (Phi) is 8.54. The summed E-state index contributed by atoms with van der Waals surface area (Å²) in [6.45, 7) is 2.70. The molecule has 2 heterocycles. The Labute approximate surface area is 222 Å². The second-order valence-corrected chi connectivity index (χ2v) is 9.93. The predicted molar refractivity (Wildman–Crippen MR) is 144 cm³/mol. The van der Waals surface area contributed by atoms with Crippen LogP contribution >= 0.6 is 46.1 Å². The van der Waals surface area contributed by atoms with E-state index in [0.717, 1.165) is 5.56 Å². The third-order valence-corrected chi connectivity index (χ3v) is 7.36. The standard InChI is InChI=1S/C24H23Cl3N4O3S/c1-28-12-14-13-35-24(21(14)27)30-23(33)20-18(22(32)29-17-4-2-15(25)3-5-17)10-16(26)11-19(20)31-6-8-34-9-7-31/h2-5,10-11,13,28H,6-9,12H2,1H3,(H,29,32)(H,30,33). The molecule has 2 amide bonds. The van der Waals surface area contributed by atoms with Crippen LogP contribution < -0.4 is 20.9 Å². The van der Waals surface area contributed by atoms with Gasteiger partial charge in [0.15, 0.2) is 0 Å². The molecule has 1 aliphatic heterocycles. The van der Waals surface area contributed by atoms with E-state index in [1.807, 2.05) is 17.3 Å². The monoisotopic (exact) mass is 552 g/mol. The molecule has 184 valence electrons. The Morgan fingerprint density at radius 3 is 2.40 bits per heavy atom. The zero-order valence-electron chi connectivity index (χ0n) is 18.8. The summed E-state index contributed by atoms with van der Waals surface area (Å²) in [5.41, 5.74) is 2.33. The number of halogens is 3. The number of morpholine rings is 1.